The van der Waals surface area contributed by atoms with Crippen molar-refractivity contribution >= 4 is 27.5 Å². The summed E-state index contributed by atoms with van der Waals surface area (Å²) in [5, 5.41) is 0.966. The van der Waals surface area contributed by atoms with Gasteiger partial charge in [-0.3, -0.25) is 9.69 Å². The molecule has 0 saturated heterocycles. The zero-order valence-corrected chi connectivity index (χ0v) is 18.7. The van der Waals surface area contributed by atoms with Crippen molar-refractivity contribution in [1.82, 2.24) is 14.8 Å². The van der Waals surface area contributed by atoms with Crippen molar-refractivity contribution in [2.75, 3.05) is 34.4 Å². The first-order valence-electron chi connectivity index (χ1n) is 10.1. The highest BCUT2D eigenvalue weighted by molar-refractivity contribution is 7.18. The zero-order valence-electron chi connectivity index (χ0n) is 17.8. The maximum absolute atomic E-state index is 13.0. The fraction of sp³-hybridized carbons (Fsp3) is 0.391. The predicted molar refractivity (Wildman–Crippen MR) is 119 cm³/mol. The van der Waals surface area contributed by atoms with Crippen molar-refractivity contribution in [3.05, 3.63) is 52.5 Å². The highest BCUT2D eigenvalue weighted by Gasteiger charge is 2.25. The summed E-state index contributed by atoms with van der Waals surface area (Å²) in [6.07, 6.45) is 0.889. The van der Waals surface area contributed by atoms with Gasteiger partial charge in [0.15, 0.2) is 11.5 Å². The molecule has 1 aromatic heterocycles. The van der Waals surface area contributed by atoms with E-state index in [4.69, 9.17) is 14.5 Å². The number of amides is 1. The number of para-hydroxylation sites is 1. The molecule has 0 fully saturated rings. The van der Waals surface area contributed by atoms with Crippen LogP contribution in [0.25, 0.3) is 10.2 Å². The second-order valence-corrected chi connectivity index (χ2v) is 8.70. The Balaban J connectivity index is 1.43. The largest absolute Gasteiger partial charge is 0.493 e. The number of nitrogens with zero attached hydrogens (tertiary/aromatic N) is 3. The normalized spacial score (nSPS) is 14.9. The number of carbonyl (C=O) groups excluding carboxylic acids is 1. The number of carbonyl (C=O) groups is 1. The Labute approximate surface area is 181 Å². The van der Waals surface area contributed by atoms with Gasteiger partial charge in [-0.1, -0.05) is 12.1 Å². The quantitative estimate of drug-likeness (QED) is 0.600. The molecule has 0 saturated carbocycles. The average Bonchev–Trinajstić information content (AvgIpc) is 3.21. The van der Waals surface area contributed by atoms with Crippen molar-refractivity contribution in [3.8, 4) is 11.5 Å². The Bertz CT molecular complexity index is 1030. The summed E-state index contributed by atoms with van der Waals surface area (Å²) in [5.41, 5.74) is 3.43. The lowest BCUT2D eigenvalue weighted by Crippen LogP contribution is -2.41. The van der Waals surface area contributed by atoms with Gasteiger partial charge in [0.05, 0.1) is 37.0 Å². The topological polar surface area (TPSA) is 54.9 Å². The Hall–Kier alpha value is -2.64. The monoisotopic (exact) mass is 425 g/mol. The molecule has 1 aliphatic rings. The molecular formula is C23H27N3O3S. The van der Waals surface area contributed by atoms with Gasteiger partial charge in [-0.25, -0.2) is 4.98 Å². The number of methoxy groups -OCH3 is 2. The maximum Gasteiger partial charge on any atom is 0.237 e. The molecule has 4 rings (SSSR count). The molecule has 0 spiro atoms. The van der Waals surface area contributed by atoms with Crippen molar-refractivity contribution in [2.45, 2.75) is 25.9 Å². The Morgan fingerprint density at radius 2 is 1.90 bits per heavy atom. The minimum Gasteiger partial charge on any atom is -0.493 e. The molecule has 7 heteroatoms. The number of thiazole rings is 1. The first-order chi connectivity index (χ1) is 14.5. The van der Waals surface area contributed by atoms with E-state index in [-0.39, 0.29) is 11.9 Å². The third-order valence-corrected chi connectivity index (χ3v) is 7.00. The van der Waals surface area contributed by atoms with E-state index in [2.05, 4.69) is 17.0 Å². The summed E-state index contributed by atoms with van der Waals surface area (Å²) in [4.78, 5) is 21.7. The van der Waals surface area contributed by atoms with Gasteiger partial charge in [0.1, 0.15) is 5.01 Å². The fourth-order valence-electron chi connectivity index (χ4n) is 3.83. The van der Waals surface area contributed by atoms with Gasteiger partial charge in [-0.15, -0.1) is 11.3 Å². The van der Waals surface area contributed by atoms with Crippen LogP contribution in [-0.2, 0) is 17.8 Å². The number of hydrogen-bond donors (Lipinski definition) is 0. The smallest absolute Gasteiger partial charge is 0.237 e. The van der Waals surface area contributed by atoms with Crippen LogP contribution in [0.5, 0.6) is 11.5 Å². The van der Waals surface area contributed by atoms with E-state index in [1.807, 2.05) is 43.1 Å². The van der Waals surface area contributed by atoms with E-state index < -0.39 is 0 Å². The van der Waals surface area contributed by atoms with Gasteiger partial charge < -0.3 is 14.4 Å². The Morgan fingerprint density at radius 1 is 1.20 bits per heavy atom. The summed E-state index contributed by atoms with van der Waals surface area (Å²) < 4.78 is 12.0. The van der Waals surface area contributed by atoms with Crippen LogP contribution in [-0.4, -0.2) is 55.0 Å². The summed E-state index contributed by atoms with van der Waals surface area (Å²) in [7, 11) is 5.16. The summed E-state index contributed by atoms with van der Waals surface area (Å²) >= 11 is 1.65. The number of rotatable bonds is 6. The lowest BCUT2D eigenvalue weighted by atomic mass is 9.98. The lowest BCUT2D eigenvalue weighted by Gasteiger charge is -2.31. The van der Waals surface area contributed by atoms with Crippen LogP contribution in [0.2, 0.25) is 0 Å². The number of ether oxygens (including phenoxy) is 2. The molecule has 3 aromatic rings. The molecular weight excluding hydrogens is 398 g/mol. The highest BCUT2D eigenvalue weighted by Crippen LogP contribution is 2.33. The van der Waals surface area contributed by atoms with E-state index in [1.54, 1.807) is 25.6 Å². The van der Waals surface area contributed by atoms with E-state index >= 15 is 0 Å². The SMILES string of the molecule is COc1cc2c(cc1OC)CN(CC(=O)N(C)[C@@H](C)c1nc3ccccc3s1)CC2. The number of likely N-dealkylation sites (N-methyl/N-ethyl adjacent to an activating group) is 1. The third-order valence-electron chi connectivity index (χ3n) is 5.80. The van der Waals surface area contributed by atoms with Gasteiger partial charge in [0.25, 0.3) is 0 Å². The molecule has 0 aliphatic carbocycles. The number of fused-ring (bicyclic) bond motifs is 2. The van der Waals surface area contributed by atoms with Crippen LogP contribution in [0.3, 0.4) is 0 Å². The van der Waals surface area contributed by atoms with Crippen LogP contribution >= 0.6 is 11.3 Å². The van der Waals surface area contributed by atoms with Gasteiger partial charge in [0.2, 0.25) is 5.91 Å². The Morgan fingerprint density at radius 3 is 2.60 bits per heavy atom. The predicted octanol–water partition coefficient (Wildman–Crippen LogP) is 3.89. The van der Waals surface area contributed by atoms with E-state index in [1.165, 1.54) is 11.1 Å². The maximum atomic E-state index is 13.0. The molecule has 0 N–H and O–H groups in total. The second kappa shape index (κ2) is 8.62. The highest BCUT2D eigenvalue weighted by atomic mass is 32.1. The van der Waals surface area contributed by atoms with E-state index in [9.17, 15) is 4.79 Å². The molecule has 0 bridgehead atoms. The molecule has 1 atom stereocenters. The van der Waals surface area contributed by atoms with Crippen LogP contribution in [0.4, 0.5) is 0 Å². The van der Waals surface area contributed by atoms with Crippen molar-refractivity contribution in [3.63, 3.8) is 0 Å². The van der Waals surface area contributed by atoms with Gasteiger partial charge >= 0.3 is 0 Å². The first kappa shape index (κ1) is 20.6. The standard InChI is InChI=1S/C23H27N3O3S/c1-15(23-24-18-7-5-6-8-21(18)30-23)25(2)22(27)14-26-10-9-16-11-19(28-3)20(29-4)12-17(16)13-26/h5-8,11-12,15H,9-10,13-14H2,1-4H3/t15-/m0/s1. The summed E-state index contributed by atoms with van der Waals surface area (Å²) in [6.45, 7) is 4.00. The molecule has 2 heterocycles. The average molecular weight is 426 g/mol. The van der Waals surface area contributed by atoms with E-state index in [0.29, 0.717) is 6.54 Å². The third kappa shape index (κ3) is 4.00. The minimum atomic E-state index is -0.0590. The van der Waals surface area contributed by atoms with Gasteiger partial charge in [0, 0.05) is 20.1 Å². The molecule has 0 unspecified atom stereocenters. The molecule has 158 valence electrons. The van der Waals surface area contributed by atoms with E-state index in [0.717, 1.165) is 46.2 Å². The molecule has 30 heavy (non-hydrogen) atoms. The Kier molecular flexibility index (Phi) is 5.92. The summed E-state index contributed by atoms with van der Waals surface area (Å²) in [5.74, 6) is 1.59. The van der Waals surface area contributed by atoms with Crippen molar-refractivity contribution < 1.29 is 14.3 Å². The van der Waals surface area contributed by atoms with Crippen LogP contribution in [0.15, 0.2) is 36.4 Å². The number of benzene rings is 2. The van der Waals surface area contributed by atoms with Crippen LogP contribution in [0.1, 0.15) is 29.1 Å². The van der Waals surface area contributed by atoms with Crippen LogP contribution < -0.4 is 9.47 Å². The minimum absolute atomic E-state index is 0.0590. The lowest BCUT2D eigenvalue weighted by molar-refractivity contribution is -0.133. The first-order valence-corrected chi connectivity index (χ1v) is 10.9. The second-order valence-electron chi connectivity index (χ2n) is 7.64. The van der Waals surface area contributed by atoms with Crippen molar-refractivity contribution in [2.24, 2.45) is 0 Å². The zero-order chi connectivity index (χ0) is 21.3. The molecule has 1 aliphatic heterocycles. The molecule has 1 amide bonds. The molecule has 6 nitrogen and oxygen atoms in total. The van der Waals surface area contributed by atoms with Gasteiger partial charge in [-0.2, -0.15) is 0 Å². The van der Waals surface area contributed by atoms with Crippen molar-refractivity contribution in [1.29, 1.82) is 0 Å². The molecule has 2 aromatic carbocycles. The van der Waals surface area contributed by atoms with Gasteiger partial charge in [-0.05, 0) is 48.7 Å². The number of aromatic nitrogens is 1. The molecule has 0 radical (unpaired) electrons. The summed E-state index contributed by atoms with van der Waals surface area (Å²) in [6, 6.07) is 12.1. The number of hydrogen-bond acceptors (Lipinski definition) is 6. The fourth-order valence-corrected chi connectivity index (χ4v) is 4.89. The van der Waals surface area contributed by atoms with Crippen LogP contribution in [0, 0.1) is 0 Å².